The predicted octanol–water partition coefficient (Wildman–Crippen LogP) is 1.68. The lowest BCUT2D eigenvalue weighted by molar-refractivity contribution is 0.0599. The van der Waals surface area contributed by atoms with E-state index in [9.17, 15) is 4.79 Å². The summed E-state index contributed by atoms with van der Waals surface area (Å²) < 4.78 is 4.78. The molecule has 0 saturated heterocycles. The molecule has 1 aliphatic rings. The van der Waals surface area contributed by atoms with Gasteiger partial charge in [-0.25, -0.2) is 4.79 Å². The van der Waals surface area contributed by atoms with E-state index in [2.05, 4.69) is 18.3 Å². The van der Waals surface area contributed by atoms with Gasteiger partial charge < -0.3 is 10.1 Å². The molecule has 3 nitrogen and oxygen atoms in total. The Morgan fingerprint density at radius 2 is 2.33 bits per heavy atom. The zero-order chi connectivity index (χ0) is 10.8. The van der Waals surface area contributed by atoms with Crippen molar-refractivity contribution in [1.82, 2.24) is 5.32 Å². The predicted molar refractivity (Wildman–Crippen MR) is 57.9 cm³/mol. The van der Waals surface area contributed by atoms with E-state index in [4.69, 9.17) is 4.74 Å². The first-order valence-electron chi connectivity index (χ1n) is 5.17. The molecule has 0 spiro atoms. The number of carbonyl (C=O) groups excluding carboxylic acids is 1. The fraction of sp³-hybridized carbons (Fsp3) is 0.417. The number of hydrogen-bond donors (Lipinski definition) is 1. The van der Waals surface area contributed by atoms with E-state index >= 15 is 0 Å². The summed E-state index contributed by atoms with van der Waals surface area (Å²) in [6, 6.07) is 6.13. The van der Waals surface area contributed by atoms with Gasteiger partial charge in [-0.05, 0) is 37.1 Å². The number of rotatable bonds is 1. The molecule has 3 heteroatoms. The lowest BCUT2D eigenvalue weighted by atomic mass is 9.91. The number of esters is 1. The third-order valence-corrected chi connectivity index (χ3v) is 2.91. The van der Waals surface area contributed by atoms with Gasteiger partial charge in [0.25, 0.3) is 0 Å². The summed E-state index contributed by atoms with van der Waals surface area (Å²) in [5, 5.41) is 3.37. The van der Waals surface area contributed by atoms with E-state index in [0.717, 1.165) is 18.5 Å². The highest BCUT2D eigenvalue weighted by Crippen LogP contribution is 2.25. The molecule has 1 aromatic rings. The highest BCUT2D eigenvalue weighted by atomic mass is 16.5. The number of nitrogens with one attached hydrogen (secondary N) is 1. The number of hydrogen-bond acceptors (Lipinski definition) is 3. The van der Waals surface area contributed by atoms with Crippen molar-refractivity contribution in [3.63, 3.8) is 0 Å². The van der Waals surface area contributed by atoms with Crippen LogP contribution in [0.2, 0.25) is 0 Å². The van der Waals surface area contributed by atoms with Crippen molar-refractivity contribution in [1.29, 1.82) is 0 Å². The molecule has 0 saturated carbocycles. The minimum atomic E-state index is -0.235. The molecule has 1 aromatic carbocycles. The molecule has 0 bridgehead atoms. The van der Waals surface area contributed by atoms with Gasteiger partial charge >= 0.3 is 5.97 Å². The maximum Gasteiger partial charge on any atom is 0.338 e. The summed E-state index contributed by atoms with van der Waals surface area (Å²) in [6.07, 6.45) is 0.894. The van der Waals surface area contributed by atoms with Gasteiger partial charge in [-0.1, -0.05) is 12.1 Å². The van der Waals surface area contributed by atoms with Gasteiger partial charge in [0.15, 0.2) is 0 Å². The lowest BCUT2D eigenvalue weighted by Crippen LogP contribution is -2.29. The summed E-state index contributed by atoms with van der Waals surface area (Å²) in [6.45, 7) is 3.03. The minimum Gasteiger partial charge on any atom is -0.465 e. The van der Waals surface area contributed by atoms with Crippen molar-refractivity contribution in [2.24, 2.45) is 0 Å². The Morgan fingerprint density at radius 3 is 3.07 bits per heavy atom. The van der Waals surface area contributed by atoms with Gasteiger partial charge in [0.2, 0.25) is 0 Å². The second-order valence-corrected chi connectivity index (χ2v) is 3.79. The van der Waals surface area contributed by atoms with Crippen molar-refractivity contribution in [3.8, 4) is 0 Å². The number of methoxy groups -OCH3 is 1. The molecule has 1 unspecified atom stereocenters. The first-order chi connectivity index (χ1) is 7.24. The van der Waals surface area contributed by atoms with Crippen molar-refractivity contribution in [3.05, 3.63) is 34.9 Å². The minimum absolute atomic E-state index is 0.235. The summed E-state index contributed by atoms with van der Waals surface area (Å²) in [5.41, 5.74) is 3.06. The lowest BCUT2D eigenvalue weighted by Gasteiger charge is -2.25. The third kappa shape index (κ3) is 1.75. The molecule has 1 heterocycles. The Hall–Kier alpha value is -1.35. The summed E-state index contributed by atoms with van der Waals surface area (Å²) in [7, 11) is 1.42. The normalized spacial score (nSPS) is 19.5. The first kappa shape index (κ1) is 10.2. The van der Waals surface area contributed by atoms with E-state index in [-0.39, 0.29) is 5.97 Å². The van der Waals surface area contributed by atoms with Gasteiger partial charge in [0, 0.05) is 6.04 Å². The zero-order valence-electron chi connectivity index (χ0n) is 9.04. The van der Waals surface area contributed by atoms with Gasteiger partial charge in [0.05, 0.1) is 12.7 Å². The number of ether oxygens (including phenoxy) is 1. The van der Waals surface area contributed by atoms with Crippen LogP contribution in [0.15, 0.2) is 18.2 Å². The van der Waals surface area contributed by atoms with Crippen LogP contribution in [0.3, 0.4) is 0 Å². The van der Waals surface area contributed by atoms with Crippen LogP contribution in [0, 0.1) is 0 Å². The van der Waals surface area contributed by atoms with Gasteiger partial charge in [0.1, 0.15) is 0 Å². The maximum atomic E-state index is 11.5. The summed E-state index contributed by atoms with van der Waals surface area (Å²) in [4.78, 5) is 11.5. The van der Waals surface area contributed by atoms with Gasteiger partial charge in [-0.2, -0.15) is 0 Å². The fourth-order valence-electron chi connectivity index (χ4n) is 2.11. The topological polar surface area (TPSA) is 38.3 Å². The average Bonchev–Trinajstić information content (AvgIpc) is 2.28. The van der Waals surface area contributed by atoms with Crippen LogP contribution in [0.5, 0.6) is 0 Å². The number of benzene rings is 1. The van der Waals surface area contributed by atoms with Gasteiger partial charge in [-0.3, -0.25) is 0 Å². The Bertz CT molecular complexity index is 387. The Morgan fingerprint density at radius 1 is 1.53 bits per heavy atom. The molecule has 0 fully saturated rings. The van der Waals surface area contributed by atoms with Crippen molar-refractivity contribution in [2.75, 3.05) is 13.7 Å². The van der Waals surface area contributed by atoms with E-state index in [1.54, 1.807) is 0 Å². The summed E-state index contributed by atoms with van der Waals surface area (Å²) in [5.74, 6) is -0.235. The molecule has 80 valence electrons. The van der Waals surface area contributed by atoms with E-state index in [1.807, 2.05) is 12.1 Å². The molecule has 0 radical (unpaired) electrons. The first-order valence-corrected chi connectivity index (χ1v) is 5.17. The van der Waals surface area contributed by atoms with Crippen molar-refractivity contribution in [2.45, 2.75) is 19.4 Å². The second-order valence-electron chi connectivity index (χ2n) is 3.79. The number of fused-ring (bicyclic) bond motifs is 1. The molecule has 1 atom stereocenters. The Kier molecular flexibility index (Phi) is 2.73. The van der Waals surface area contributed by atoms with Crippen LogP contribution in [0.25, 0.3) is 0 Å². The molecule has 0 aliphatic carbocycles. The molecule has 0 amide bonds. The largest absolute Gasteiger partial charge is 0.465 e. The van der Waals surface area contributed by atoms with E-state index in [1.165, 1.54) is 12.7 Å². The van der Waals surface area contributed by atoms with Crippen molar-refractivity contribution < 1.29 is 9.53 Å². The molecular formula is C12H15NO2. The molecule has 15 heavy (non-hydrogen) atoms. The molecule has 1 aliphatic heterocycles. The quantitative estimate of drug-likeness (QED) is 0.709. The van der Waals surface area contributed by atoms with Crippen LogP contribution in [-0.4, -0.2) is 19.6 Å². The molecular weight excluding hydrogens is 190 g/mol. The highest BCUT2D eigenvalue weighted by Gasteiger charge is 2.21. The van der Waals surface area contributed by atoms with Gasteiger partial charge in [-0.15, -0.1) is 0 Å². The standard InChI is InChI=1S/C12H15NO2/c1-8-9-4-3-5-11(12(14)15-2)10(9)6-7-13-8/h3-5,8,13H,6-7H2,1-2H3. The Labute approximate surface area is 89.4 Å². The third-order valence-electron chi connectivity index (χ3n) is 2.91. The van der Waals surface area contributed by atoms with E-state index in [0.29, 0.717) is 11.6 Å². The van der Waals surface area contributed by atoms with Crippen LogP contribution >= 0.6 is 0 Å². The van der Waals surface area contributed by atoms with Crippen molar-refractivity contribution >= 4 is 5.97 Å². The number of carbonyl (C=O) groups is 1. The SMILES string of the molecule is COC(=O)c1cccc2c1CCNC2C. The van der Waals surface area contributed by atoms with Crippen LogP contribution in [0.1, 0.15) is 34.5 Å². The molecule has 0 aromatic heterocycles. The van der Waals surface area contributed by atoms with E-state index < -0.39 is 0 Å². The molecule has 1 N–H and O–H groups in total. The average molecular weight is 205 g/mol. The fourth-order valence-corrected chi connectivity index (χ4v) is 2.11. The second kappa shape index (κ2) is 4.03. The highest BCUT2D eigenvalue weighted by molar-refractivity contribution is 5.91. The van der Waals surface area contributed by atoms with Crippen LogP contribution in [-0.2, 0) is 11.2 Å². The zero-order valence-corrected chi connectivity index (χ0v) is 9.04. The molecule has 2 rings (SSSR count). The smallest absolute Gasteiger partial charge is 0.338 e. The summed E-state index contributed by atoms with van der Waals surface area (Å²) >= 11 is 0. The Balaban J connectivity index is 2.49. The monoisotopic (exact) mass is 205 g/mol. The van der Waals surface area contributed by atoms with Crippen LogP contribution < -0.4 is 5.32 Å². The maximum absolute atomic E-state index is 11.5. The van der Waals surface area contributed by atoms with Crippen LogP contribution in [0.4, 0.5) is 0 Å².